The number of nitrogens with zero attached hydrogens (tertiary/aromatic N) is 3. The summed E-state index contributed by atoms with van der Waals surface area (Å²) in [6, 6.07) is 3.99. The minimum absolute atomic E-state index is 0. The van der Waals surface area contributed by atoms with Gasteiger partial charge in [-0.2, -0.15) is 0 Å². The van der Waals surface area contributed by atoms with E-state index in [4.69, 9.17) is 20.2 Å². The maximum absolute atomic E-state index is 11.4. The number of anilines is 1. The first-order chi connectivity index (χ1) is 14.7. The van der Waals surface area contributed by atoms with Gasteiger partial charge in [-0.15, -0.1) is 24.0 Å². The molecule has 0 aromatic carbocycles. The molecular weight excluding hydrogens is 511 g/mol. The molecule has 0 radical (unpaired) electrons. The lowest BCUT2D eigenvalue weighted by Crippen LogP contribution is -2.39. The average Bonchev–Trinajstić information content (AvgIpc) is 2.77. The van der Waals surface area contributed by atoms with Crippen molar-refractivity contribution in [2.45, 2.75) is 32.7 Å². The Kier molecular flexibility index (Phi) is 14.2. The number of aromatic nitrogens is 1. The van der Waals surface area contributed by atoms with Crippen LogP contribution in [0, 0.1) is 5.92 Å². The van der Waals surface area contributed by atoms with E-state index in [-0.39, 0.29) is 35.8 Å². The lowest BCUT2D eigenvalue weighted by Gasteiger charge is -2.32. The van der Waals surface area contributed by atoms with E-state index in [1.165, 1.54) is 0 Å². The van der Waals surface area contributed by atoms with E-state index < -0.39 is 0 Å². The first-order valence-corrected chi connectivity index (χ1v) is 10.7. The molecule has 4 N–H and O–H groups in total. The molecule has 0 aliphatic carbocycles. The molecule has 0 saturated carbocycles. The van der Waals surface area contributed by atoms with Crippen molar-refractivity contribution in [3.8, 4) is 0 Å². The monoisotopic (exact) mass is 548 g/mol. The summed E-state index contributed by atoms with van der Waals surface area (Å²) in [5.74, 6) is 1.48. The maximum atomic E-state index is 11.4. The molecular formula is C21H37IN6O3. The molecule has 0 bridgehead atoms. The average molecular weight is 548 g/mol. The van der Waals surface area contributed by atoms with E-state index in [1.807, 2.05) is 13.0 Å². The fourth-order valence-corrected chi connectivity index (χ4v) is 3.35. The van der Waals surface area contributed by atoms with Gasteiger partial charge < -0.3 is 30.7 Å². The molecule has 1 amide bonds. The number of aliphatic imine (C=N–C) groups is 1. The zero-order valence-electron chi connectivity index (χ0n) is 18.6. The van der Waals surface area contributed by atoms with Crippen LogP contribution in [0.15, 0.2) is 23.3 Å². The fourth-order valence-electron chi connectivity index (χ4n) is 3.35. The fraction of sp³-hybridized carbons (Fsp3) is 0.667. The number of carbonyl (C=O) groups excluding carboxylic acids is 1. The number of rotatable bonds is 12. The highest BCUT2D eigenvalue weighted by Gasteiger charge is 2.24. The first-order valence-electron chi connectivity index (χ1n) is 10.7. The number of halogens is 1. The minimum atomic E-state index is -0.203. The van der Waals surface area contributed by atoms with Crippen molar-refractivity contribution in [3.05, 3.63) is 23.9 Å². The number of ether oxygens (including phenoxy) is 2. The Morgan fingerprint density at radius 2 is 2.06 bits per heavy atom. The number of primary amides is 1. The van der Waals surface area contributed by atoms with Gasteiger partial charge in [-0.05, 0) is 32.3 Å². The molecule has 1 fully saturated rings. The minimum Gasteiger partial charge on any atom is -0.382 e. The lowest BCUT2D eigenvalue weighted by molar-refractivity contribution is -0.122. The van der Waals surface area contributed by atoms with E-state index in [1.54, 1.807) is 13.3 Å². The zero-order valence-corrected chi connectivity index (χ0v) is 21.0. The molecule has 2 rings (SSSR count). The van der Waals surface area contributed by atoms with Crippen LogP contribution in [0.5, 0.6) is 0 Å². The highest BCUT2D eigenvalue weighted by atomic mass is 127. The van der Waals surface area contributed by atoms with Gasteiger partial charge in [0.25, 0.3) is 0 Å². The van der Waals surface area contributed by atoms with Gasteiger partial charge in [-0.1, -0.05) is 6.07 Å². The highest BCUT2D eigenvalue weighted by molar-refractivity contribution is 14.0. The Labute approximate surface area is 202 Å². The SMILES string of the molecule is CCNC(=NCc1cccnc1N1CCC(C(N)=O)CC1)NCCCOCCOC.I. The number of nitrogens with one attached hydrogen (secondary N) is 2. The van der Waals surface area contributed by atoms with Crippen LogP contribution in [-0.4, -0.2) is 70.0 Å². The van der Waals surface area contributed by atoms with Crippen LogP contribution in [0.25, 0.3) is 0 Å². The number of carbonyl (C=O) groups is 1. The second-order valence-electron chi connectivity index (χ2n) is 7.23. The molecule has 0 unspecified atom stereocenters. The Bertz CT molecular complexity index is 668. The third-order valence-corrected chi connectivity index (χ3v) is 5.01. The number of methoxy groups -OCH3 is 1. The smallest absolute Gasteiger partial charge is 0.220 e. The molecule has 1 saturated heterocycles. The van der Waals surface area contributed by atoms with E-state index in [2.05, 4.69) is 26.6 Å². The topological polar surface area (TPSA) is 114 Å². The maximum Gasteiger partial charge on any atom is 0.220 e. The number of nitrogens with two attached hydrogens (primary N) is 1. The van der Waals surface area contributed by atoms with Crippen molar-refractivity contribution in [1.29, 1.82) is 0 Å². The van der Waals surface area contributed by atoms with Crippen LogP contribution in [0.4, 0.5) is 5.82 Å². The number of hydrogen-bond donors (Lipinski definition) is 3. The number of pyridine rings is 1. The van der Waals surface area contributed by atoms with Crippen molar-refractivity contribution in [2.75, 3.05) is 58.0 Å². The van der Waals surface area contributed by atoms with Gasteiger partial charge in [0.05, 0.1) is 19.8 Å². The van der Waals surface area contributed by atoms with Crippen LogP contribution in [-0.2, 0) is 20.8 Å². The summed E-state index contributed by atoms with van der Waals surface area (Å²) in [6.07, 6.45) is 4.23. The summed E-state index contributed by atoms with van der Waals surface area (Å²) in [5.41, 5.74) is 6.52. The lowest BCUT2D eigenvalue weighted by atomic mass is 9.96. The van der Waals surface area contributed by atoms with E-state index in [0.717, 1.165) is 62.8 Å². The van der Waals surface area contributed by atoms with E-state index in [9.17, 15) is 4.79 Å². The summed E-state index contributed by atoms with van der Waals surface area (Å²) < 4.78 is 10.4. The van der Waals surface area contributed by atoms with Crippen LogP contribution in [0.3, 0.4) is 0 Å². The van der Waals surface area contributed by atoms with Crippen LogP contribution < -0.4 is 21.3 Å². The van der Waals surface area contributed by atoms with Gasteiger partial charge in [0.15, 0.2) is 5.96 Å². The molecule has 176 valence electrons. The summed E-state index contributed by atoms with van der Waals surface area (Å²) in [5, 5.41) is 6.62. The van der Waals surface area contributed by atoms with E-state index >= 15 is 0 Å². The Balaban J connectivity index is 0.00000480. The molecule has 0 atom stereocenters. The van der Waals surface area contributed by atoms with Crippen molar-refractivity contribution in [1.82, 2.24) is 15.6 Å². The molecule has 1 aromatic rings. The molecule has 10 heteroatoms. The Hall–Kier alpha value is -1.66. The summed E-state index contributed by atoms with van der Waals surface area (Å²) in [6.45, 7) is 7.61. The van der Waals surface area contributed by atoms with Gasteiger partial charge in [0.2, 0.25) is 5.91 Å². The number of guanidine groups is 1. The predicted octanol–water partition coefficient (Wildman–Crippen LogP) is 1.51. The third kappa shape index (κ3) is 10.0. The normalized spacial score (nSPS) is 14.8. The quantitative estimate of drug-likeness (QED) is 0.157. The molecule has 0 spiro atoms. The van der Waals surface area contributed by atoms with Gasteiger partial charge in [0.1, 0.15) is 5.82 Å². The highest BCUT2D eigenvalue weighted by Crippen LogP contribution is 2.24. The van der Waals surface area contributed by atoms with E-state index in [0.29, 0.717) is 26.4 Å². The molecule has 2 heterocycles. The van der Waals surface area contributed by atoms with Crippen molar-refractivity contribution >= 4 is 41.7 Å². The van der Waals surface area contributed by atoms with Crippen molar-refractivity contribution in [2.24, 2.45) is 16.6 Å². The number of hydrogen-bond acceptors (Lipinski definition) is 6. The zero-order chi connectivity index (χ0) is 21.6. The summed E-state index contributed by atoms with van der Waals surface area (Å²) >= 11 is 0. The molecule has 9 nitrogen and oxygen atoms in total. The predicted molar refractivity (Wildman–Crippen MR) is 134 cm³/mol. The Morgan fingerprint density at radius 3 is 2.74 bits per heavy atom. The molecule has 1 aliphatic rings. The number of amides is 1. The van der Waals surface area contributed by atoms with Gasteiger partial charge in [-0.25, -0.2) is 9.98 Å². The molecule has 1 aliphatic heterocycles. The van der Waals surface area contributed by atoms with Crippen LogP contribution in [0.1, 0.15) is 31.7 Å². The van der Waals surface area contributed by atoms with Crippen LogP contribution >= 0.6 is 24.0 Å². The second-order valence-corrected chi connectivity index (χ2v) is 7.23. The molecule has 31 heavy (non-hydrogen) atoms. The summed E-state index contributed by atoms with van der Waals surface area (Å²) in [7, 11) is 1.67. The van der Waals surface area contributed by atoms with Crippen molar-refractivity contribution < 1.29 is 14.3 Å². The Morgan fingerprint density at radius 1 is 1.29 bits per heavy atom. The van der Waals surface area contributed by atoms with Gasteiger partial charge in [-0.3, -0.25) is 4.79 Å². The third-order valence-electron chi connectivity index (χ3n) is 5.01. The van der Waals surface area contributed by atoms with Crippen LogP contribution in [0.2, 0.25) is 0 Å². The number of piperidine rings is 1. The van der Waals surface area contributed by atoms with Gasteiger partial charge in [0, 0.05) is 57.6 Å². The standard InChI is InChI=1S/C21H36N6O3.HI/c1-3-23-21(25-10-5-13-30-15-14-29-2)26-16-18-6-4-9-24-20(18)27-11-7-17(8-12-27)19(22)28;/h4,6,9,17H,3,5,7-8,10-16H2,1-2H3,(H2,22,28)(H2,23,25,26);1H. The molecule has 1 aromatic heterocycles. The van der Waals surface area contributed by atoms with Gasteiger partial charge >= 0.3 is 0 Å². The second kappa shape index (κ2) is 16.0. The largest absolute Gasteiger partial charge is 0.382 e. The first kappa shape index (κ1) is 27.4. The van der Waals surface area contributed by atoms with Crippen molar-refractivity contribution in [3.63, 3.8) is 0 Å². The summed E-state index contributed by atoms with van der Waals surface area (Å²) in [4.78, 5) is 22.9.